The molecular formula is C17H27N3O. The molecule has 1 aromatic rings. The number of hydrogen-bond acceptors (Lipinski definition) is 2. The van der Waals surface area contributed by atoms with Crippen LogP contribution in [0.3, 0.4) is 0 Å². The molecule has 1 unspecified atom stereocenters. The fourth-order valence-electron chi connectivity index (χ4n) is 2.93. The molecule has 116 valence electrons. The number of amides is 2. The van der Waals surface area contributed by atoms with Gasteiger partial charge in [-0.2, -0.15) is 0 Å². The average Bonchev–Trinajstić information content (AvgIpc) is 2.67. The zero-order valence-corrected chi connectivity index (χ0v) is 13.4. The first-order valence-electron chi connectivity index (χ1n) is 7.78. The SMILES string of the molecule is CC(C)(C)C1CCCN(C(=O)Nc2ccc(N)cc2)CC1. The van der Waals surface area contributed by atoms with Crippen molar-refractivity contribution in [1.29, 1.82) is 0 Å². The topological polar surface area (TPSA) is 58.4 Å². The zero-order chi connectivity index (χ0) is 15.5. The molecule has 0 aliphatic carbocycles. The Kier molecular flexibility index (Phi) is 4.76. The van der Waals surface area contributed by atoms with Gasteiger partial charge in [-0.1, -0.05) is 20.8 Å². The summed E-state index contributed by atoms with van der Waals surface area (Å²) in [5.41, 5.74) is 7.48. The van der Waals surface area contributed by atoms with E-state index >= 15 is 0 Å². The molecule has 1 fully saturated rings. The third-order valence-corrected chi connectivity index (χ3v) is 4.40. The van der Waals surface area contributed by atoms with Crippen LogP contribution in [0.5, 0.6) is 0 Å². The predicted octanol–water partition coefficient (Wildman–Crippen LogP) is 3.95. The number of urea groups is 1. The lowest BCUT2D eigenvalue weighted by Crippen LogP contribution is -2.36. The van der Waals surface area contributed by atoms with Gasteiger partial charge in [-0.15, -0.1) is 0 Å². The van der Waals surface area contributed by atoms with E-state index in [1.54, 1.807) is 12.1 Å². The van der Waals surface area contributed by atoms with Gasteiger partial charge in [0.25, 0.3) is 0 Å². The molecule has 1 saturated heterocycles. The van der Waals surface area contributed by atoms with Crippen LogP contribution >= 0.6 is 0 Å². The Balaban J connectivity index is 1.92. The van der Waals surface area contributed by atoms with E-state index in [0.29, 0.717) is 17.0 Å². The number of carbonyl (C=O) groups excluding carboxylic acids is 1. The molecule has 2 rings (SSSR count). The smallest absolute Gasteiger partial charge is 0.321 e. The summed E-state index contributed by atoms with van der Waals surface area (Å²) in [5.74, 6) is 0.687. The molecule has 0 aromatic heterocycles. The number of nitrogens with one attached hydrogen (secondary N) is 1. The summed E-state index contributed by atoms with van der Waals surface area (Å²) in [7, 11) is 0. The van der Waals surface area contributed by atoms with Gasteiger partial charge in [-0.3, -0.25) is 0 Å². The lowest BCUT2D eigenvalue weighted by atomic mass is 9.77. The lowest BCUT2D eigenvalue weighted by molar-refractivity contribution is 0.200. The van der Waals surface area contributed by atoms with Crippen molar-refractivity contribution in [2.45, 2.75) is 40.0 Å². The van der Waals surface area contributed by atoms with Gasteiger partial charge in [0.1, 0.15) is 0 Å². The van der Waals surface area contributed by atoms with Crippen LogP contribution in [0.4, 0.5) is 16.2 Å². The van der Waals surface area contributed by atoms with E-state index in [9.17, 15) is 4.79 Å². The predicted molar refractivity (Wildman–Crippen MR) is 88.2 cm³/mol. The highest BCUT2D eigenvalue weighted by atomic mass is 16.2. The second-order valence-electron chi connectivity index (χ2n) is 7.03. The largest absolute Gasteiger partial charge is 0.399 e. The summed E-state index contributed by atoms with van der Waals surface area (Å²) in [6.07, 6.45) is 3.37. The Bertz CT molecular complexity index is 476. The van der Waals surface area contributed by atoms with Crippen molar-refractivity contribution < 1.29 is 4.79 Å². The van der Waals surface area contributed by atoms with Gasteiger partial charge < -0.3 is 16.0 Å². The van der Waals surface area contributed by atoms with Crippen LogP contribution < -0.4 is 11.1 Å². The fourth-order valence-corrected chi connectivity index (χ4v) is 2.93. The van der Waals surface area contributed by atoms with Crippen LogP contribution in [0.25, 0.3) is 0 Å². The standard InChI is InChI=1S/C17H27N3O/c1-17(2,3)13-5-4-11-20(12-10-13)16(21)19-15-8-6-14(18)7-9-15/h6-9,13H,4-5,10-12,18H2,1-3H3,(H,19,21). The fraction of sp³-hybridized carbons (Fsp3) is 0.588. The number of anilines is 2. The maximum absolute atomic E-state index is 12.3. The van der Waals surface area contributed by atoms with Crippen molar-refractivity contribution in [3.63, 3.8) is 0 Å². The zero-order valence-electron chi connectivity index (χ0n) is 13.4. The minimum atomic E-state index is -0.00525. The number of nitrogens with zero attached hydrogens (tertiary/aromatic N) is 1. The summed E-state index contributed by atoms with van der Waals surface area (Å²) >= 11 is 0. The van der Waals surface area contributed by atoms with Crippen LogP contribution in [-0.2, 0) is 0 Å². The summed E-state index contributed by atoms with van der Waals surface area (Å²) < 4.78 is 0. The van der Waals surface area contributed by atoms with E-state index in [0.717, 1.165) is 31.6 Å². The molecule has 21 heavy (non-hydrogen) atoms. The number of likely N-dealkylation sites (tertiary alicyclic amines) is 1. The van der Waals surface area contributed by atoms with Gasteiger partial charge in [0.2, 0.25) is 0 Å². The monoisotopic (exact) mass is 289 g/mol. The number of nitrogens with two attached hydrogens (primary N) is 1. The van der Waals surface area contributed by atoms with Crippen LogP contribution in [0.1, 0.15) is 40.0 Å². The van der Waals surface area contributed by atoms with E-state index in [-0.39, 0.29) is 6.03 Å². The highest BCUT2D eigenvalue weighted by molar-refractivity contribution is 5.89. The molecule has 1 aliphatic heterocycles. The van der Waals surface area contributed by atoms with E-state index < -0.39 is 0 Å². The Morgan fingerprint density at radius 1 is 1.19 bits per heavy atom. The van der Waals surface area contributed by atoms with Gasteiger partial charge in [-0.25, -0.2) is 4.79 Å². The molecule has 0 radical (unpaired) electrons. The normalized spacial score (nSPS) is 20.0. The van der Waals surface area contributed by atoms with Gasteiger partial charge in [0.15, 0.2) is 0 Å². The van der Waals surface area contributed by atoms with Crippen LogP contribution in [0.15, 0.2) is 24.3 Å². The Hall–Kier alpha value is -1.71. The number of hydrogen-bond donors (Lipinski definition) is 2. The number of benzene rings is 1. The second kappa shape index (κ2) is 6.37. The van der Waals surface area contributed by atoms with Crippen LogP contribution in [0, 0.1) is 11.3 Å². The van der Waals surface area contributed by atoms with Crippen LogP contribution in [-0.4, -0.2) is 24.0 Å². The lowest BCUT2D eigenvalue weighted by Gasteiger charge is -2.29. The number of rotatable bonds is 1. The van der Waals surface area contributed by atoms with E-state index in [1.807, 2.05) is 17.0 Å². The molecule has 1 aliphatic rings. The van der Waals surface area contributed by atoms with E-state index in [2.05, 4.69) is 26.1 Å². The molecule has 0 bridgehead atoms. The van der Waals surface area contributed by atoms with Gasteiger partial charge in [-0.05, 0) is 54.9 Å². The third-order valence-electron chi connectivity index (χ3n) is 4.40. The summed E-state index contributed by atoms with van der Waals surface area (Å²) in [5, 5.41) is 2.95. The first kappa shape index (κ1) is 15.7. The molecule has 3 N–H and O–H groups in total. The maximum atomic E-state index is 12.3. The molecule has 4 heteroatoms. The quantitative estimate of drug-likeness (QED) is 0.769. The molecule has 4 nitrogen and oxygen atoms in total. The Labute approximate surface area is 127 Å². The van der Waals surface area contributed by atoms with E-state index in [1.165, 1.54) is 6.42 Å². The van der Waals surface area contributed by atoms with Crippen molar-refractivity contribution in [2.75, 3.05) is 24.1 Å². The maximum Gasteiger partial charge on any atom is 0.321 e. The molecule has 0 saturated carbocycles. The molecule has 1 aromatic carbocycles. The molecule has 1 heterocycles. The van der Waals surface area contributed by atoms with Crippen molar-refractivity contribution in [2.24, 2.45) is 11.3 Å². The Morgan fingerprint density at radius 3 is 2.48 bits per heavy atom. The third kappa shape index (κ3) is 4.38. The second-order valence-corrected chi connectivity index (χ2v) is 7.03. The summed E-state index contributed by atoms with van der Waals surface area (Å²) in [6, 6.07) is 7.27. The van der Waals surface area contributed by atoms with Crippen molar-refractivity contribution in [3.05, 3.63) is 24.3 Å². The van der Waals surface area contributed by atoms with Crippen molar-refractivity contribution in [1.82, 2.24) is 4.90 Å². The highest BCUT2D eigenvalue weighted by Gasteiger charge is 2.28. The minimum Gasteiger partial charge on any atom is -0.399 e. The van der Waals surface area contributed by atoms with E-state index in [4.69, 9.17) is 5.73 Å². The molecule has 1 atom stereocenters. The minimum absolute atomic E-state index is 0.00525. The first-order chi connectivity index (χ1) is 9.86. The van der Waals surface area contributed by atoms with Gasteiger partial charge >= 0.3 is 6.03 Å². The molecular weight excluding hydrogens is 262 g/mol. The highest BCUT2D eigenvalue weighted by Crippen LogP contribution is 2.34. The van der Waals surface area contributed by atoms with Gasteiger partial charge in [0, 0.05) is 24.5 Å². The Morgan fingerprint density at radius 2 is 1.86 bits per heavy atom. The average molecular weight is 289 g/mol. The summed E-state index contributed by atoms with van der Waals surface area (Å²) in [6.45, 7) is 8.56. The van der Waals surface area contributed by atoms with Gasteiger partial charge in [0.05, 0.1) is 0 Å². The van der Waals surface area contributed by atoms with Crippen LogP contribution in [0.2, 0.25) is 0 Å². The molecule has 2 amide bonds. The van der Waals surface area contributed by atoms with Crippen molar-refractivity contribution >= 4 is 17.4 Å². The first-order valence-corrected chi connectivity index (χ1v) is 7.78. The number of nitrogen functional groups attached to an aromatic ring is 1. The summed E-state index contributed by atoms with van der Waals surface area (Å²) in [4.78, 5) is 14.3. The number of carbonyl (C=O) groups is 1. The molecule has 0 spiro atoms. The van der Waals surface area contributed by atoms with Crippen molar-refractivity contribution in [3.8, 4) is 0 Å².